The van der Waals surface area contributed by atoms with E-state index in [9.17, 15) is 9.59 Å². The number of hydrogen-bond donors (Lipinski definition) is 3. The lowest BCUT2D eigenvalue weighted by Gasteiger charge is -2.12. The first kappa shape index (κ1) is 15.9. The maximum absolute atomic E-state index is 11.5. The SMILES string of the molecule is CC(C)C(=O)NC(=S)NNC(=O)COc1ccccc1. The van der Waals surface area contributed by atoms with Gasteiger partial charge in [-0.1, -0.05) is 32.0 Å². The van der Waals surface area contributed by atoms with Crippen LogP contribution in [0.3, 0.4) is 0 Å². The molecule has 0 fully saturated rings. The van der Waals surface area contributed by atoms with E-state index in [2.05, 4.69) is 16.2 Å². The number of carbonyl (C=O) groups excluding carboxylic acids is 2. The Morgan fingerprint density at radius 1 is 1.20 bits per heavy atom. The summed E-state index contributed by atoms with van der Waals surface area (Å²) in [6.07, 6.45) is 0. The van der Waals surface area contributed by atoms with Gasteiger partial charge >= 0.3 is 0 Å². The summed E-state index contributed by atoms with van der Waals surface area (Å²) in [6.45, 7) is 3.33. The van der Waals surface area contributed by atoms with Crippen LogP contribution in [0.2, 0.25) is 0 Å². The fraction of sp³-hybridized carbons (Fsp3) is 0.308. The molecule has 0 aromatic heterocycles. The van der Waals surface area contributed by atoms with Gasteiger partial charge < -0.3 is 10.1 Å². The summed E-state index contributed by atoms with van der Waals surface area (Å²) in [6, 6.07) is 8.96. The number of para-hydroxylation sites is 1. The van der Waals surface area contributed by atoms with E-state index in [1.807, 2.05) is 18.2 Å². The first-order valence-corrected chi connectivity index (χ1v) is 6.47. The topological polar surface area (TPSA) is 79.5 Å². The Morgan fingerprint density at radius 3 is 2.45 bits per heavy atom. The molecule has 0 radical (unpaired) electrons. The van der Waals surface area contributed by atoms with Gasteiger partial charge in [-0.25, -0.2) is 0 Å². The summed E-state index contributed by atoms with van der Waals surface area (Å²) >= 11 is 4.85. The molecule has 0 saturated heterocycles. The minimum Gasteiger partial charge on any atom is -0.484 e. The van der Waals surface area contributed by atoms with Crippen molar-refractivity contribution < 1.29 is 14.3 Å². The van der Waals surface area contributed by atoms with E-state index in [0.717, 1.165) is 0 Å². The van der Waals surface area contributed by atoms with Crippen molar-refractivity contribution in [3.63, 3.8) is 0 Å². The van der Waals surface area contributed by atoms with Crippen molar-refractivity contribution >= 4 is 29.1 Å². The number of hydrogen-bond acceptors (Lipinski definition) is 4. The molecule has 2 amide bonds. The Bertz CT molecular complexity index is 477. The molecule has 0 saturated carbocycles. The van der Waals surface area contributed by atoms with Gasteiger partial charge in [-0.05, 0) is 24.4 Å². The number of thiocarbonyl (C=S) groups is 1. The van der Waals surface area contributed by atoms with E-state index < -0.39 is 5.91 Å². The average molecular weight is 295 g/mol. The molecular formula is C13H17N3O3S. The molecule has 3 N–H and O–H groups in total. The van der Waals surface area contributed by atoms with Gasteiger partial charge in [-0.2, -0.15) is 0 Å². The molecule has 0 unspecified atom stereocenters. The third-order valence-electron chi connectivity index (χ3n) is 2.19. The Labute approximate surface area is 122 Å². The molecule has 0 aliphatic carbocycles. The summed E-state index contributed by atoms with van der Waals surface area (Å²) in [7, 11) is 0. The zero-order valence-electron chi connectivity index (χ0n) is 11.3. The Morgan fingerprint density at radius 2 is 1.85 bits per heavy atom. The van der Waals surface area contributed by atoms with Crippen molar-refractivity contribution in [1.29, 1.82) is 0 Å². The van der Waals surface area contributed by atoms with Crippen molar-refractivity contribution in [2.45, 2.75) is 13.8 Å². The lowest BCUT2D eigenvalue weighted by molar-refractivity contribution is -0.124. The number of carbonyl (C=O) groups is 2. The average Bonchev–Trinajstić information content (AvgIpc) is 2.43. The molecular weight excluding hydrogens is 278 g/mol. The largest absolute Gasteiger partial charge is 0.484 e. The van der Waals surface area contributed by atoms with E-state index in [1.54, 1.807) is 26.0 Å². The van der Waals surface area contributed by atoms with E-state index >= 15 is 0 Å². The van der Waals surface area contributed by atoms with Crippen molar-refractivity contribution in [2.24, 2.45) is 5.92 Å². The lowest BCUT2D eigenvalue weighted by atomic mass is 10.2. The number of benzene rings is 1. The van der Waals surface area contributed by atoms with E-state index in [4.69, 9.17) is 17.0 Å². The monoisotopic (exact) mass is 295 g/mol. The second-order valence-corrected chi connectivity index (χ2v) is 4.66. The van der Waals surface area contributed by atoms with Crippen molar-refractivity contribution in [3.8, 4) is 5.75 Å². The minimum atomic E-state index is -0.407. The third-order valence-corrected chi connectivity index (χ3v) is 2.39. The predicted molar refractivity (Wildman–Crippen MR) is 78.8 cm³/mol. The number of nitrogens with one attached hydrogen (secondary N) is 3. The number of rotatable bonds is 4. The fourth-order valence-corrected chi connectivity index (χ4v) is 1.27. The van der Waals surface area contributed by atoms with Crippen LogP contribution < -0.4 is 20.9 Å². The minimum absolute atomic E-state index is 0.0387. The summed E-state index contributed by atoms with van der Waals surface area (Å²) < 4.78 is 5.24. The quantitative estimate of drug-likeness (QED) is 0.564. The highest BCUT2D eigenvalue weighted by Gasteiger charge is 2.09. The van der Waals surface area contributed by atoms with Crippen LogP contribution in [0.5, 0.6) is 5.75 Å². The smallest absolute Gasteiger partial charge is 0.276 e. The van der Waals surface area contributed by atoms with Gasteiger partial charge in [0.15, 0.2) is 11.7 Å². The van der Waals surface area contributed by atoms with Crippen LogP contribution in [0.15, 0.2) is 30.3 Å². The highest BCUT2D eigenvalue weighted by molar-refractivity contribution is 7.80. The third kappa shape index (κ3) is 6.14. The van der Waals surface area contributed by atoms with E-state index in [1.165, 1.54) is 0 Å². The first-order valence-electron chi connectivity index (χ1n) is 6.06. The molecule has 0 heterocycles. The van der Waals surface area contributed by atoms with Crippen molar-refractivity contribution in [3.05, 3.63) is 30.3 Å². The van der Waals surface area contributed by atoms with Crippen LogP contribution in [0, 0.1) is 5.92 Å². The first-order chi connectivity index (χ1) is 9.49. The lowest BCUT2D eigenvalue weighted by Crippen LogP contribution is -2.50. The Hall–Kier alpha value is -2.15. The predicted octanol–water partition coefficient (Wildman–Crippen LogP) is 0.743. The van der Waals surface area contributed by atoms with Crippen molar-refractivity contribution in [1.82, 2.24) is 16.2 Å². The molecule has 0 bridgehead atoms. The molecule has 0 aliphatic rings. The van der Waals surface area contributed by atoms with Gasteiger partial charge in [0.05, 0.1) is 0 Å². The molecule has 1 rings (SSSR count). The van der Waals surface area contributed by atoms with Crippen LogP contribution >= 0.6 is 12.2 Å². The van der Waals surface area contributed by atoms with Crippen LogP contribution in [0.25, 0.3) is 0 Å². The molecule has 108 valence electrons. The molecule has 6 nitrogen and oxygen atoms in total. The maximum atomic E-state index is 11.5. The second-order valence-electron chi connectivity index (χ2n) is 4.25. The summed E-state index contributed by atoms with van der Waals surface area (Å²) in [5.41, 5.74) is 4.75. The molecule has 20 heavy (non-hydrogen) atoms. The van der Waals surface area contributed by atoms with E-state index in [-0.39, 0.29) is 23.5 Å². The van der Waals surface area contributed by atoms with E-state index in [0.29, 0.717) is 5.75 Å². The van der Waals surface area contributed by atoms with Crippen LogP contribution in [0.1, 0.15) is 13.8 Å². The van der Waals surface area contributed by atoms with Gasteiger partial charge in [0.1, 0.15) is 5.75 Å². The molecule has 7 heteroatoms. The van der Waals surface area contributed by atoms with Crippen LogP contribution in [-0.4, -0.2) is 23.5 Å². The van der Waals surface area contributed by atoms with Crippen LogP contribution in [-0.2, 0) is 9.59 Å². The van der Waals surface area contributed by atoms with Gasteiger partial charge in [0.2, 0.25) is 5.91 Å². The van der Waals surface area contributed by atoms with Gasteiger partial charge in [0.25, 0.3) is 5.91 Å². The number of ether oxygens (including phenoxy) is 1. The maximum Gasteiger partial charge on any atom is 0.276 e. The molecule has 0 atom stereocenters. The number of amides is 2. The van der Waals surface area contributed by atoms with Crippen molar-refractivity contribution in [2.75, 3.05) is 6.61 Å². The fourth-order valence-electron chi connectivity index (χ4n) is 1.12. The standard InChI is InChI=1S/C13H17N3O3S/c1-9(2)12(18)14-13(20)16-15-11(17)8-19-10-6-4-3-5-7-10/h3-7,9H,8H2,1-2H3,(H,15,17)(H2,14,16,18,20). The number of hydrazine groups is 1. The second kappa shape index (κ2) is 8.11. The highest BCUT2D eigenvalue weighted by Crippen LogP contribution is 2.07. The Balaban J connectivity index is 2.23. The molecule has 0 aliphatic heterocycles. The summed E-state index contributed by atoms with van der Waals surface area (Å²) in [5, 5.41) is 2.47. The van der Waals surface area contributed by atoms with Gasteiger partial charge in [-0.3, -0.25) is 20.4 Å². The molecule has 1 aromatic carbocycles. The van der Waals surface area contributed by atoms with Gasteiger partial charge in [0, 0.05) is 5.92 Å². The summed E-state index contributed by atoms with van der Waals surface area (Å²) in [4.78, 5) is 22.8. The Kier molecular flexibility index (Phi) is 6.45. The molecule has 1 aromatic rings. The normalized spacial score (nSPS) is 9.75. The zero-order valence-corrected chi connectivity index (χ0v) is 12.1. The summed E-state index contributed by atoms with van der Waals surface area (Å²) in [5.74, 6) is -0.225. The van der Waals surface area contributed by atoms with Crippen LogP contribution in [0.4, 0.5) is 0 Å². The highest BCUT2D eigenvalue weighted by atomic mass is 32.1. The zero-order chi connectivity index (χ0) is 15.0. The molecule has 0 spiro atoms. The van der Waals surface area contributed by atoms with Gasteiger partial charge in [-0.15, -0.1) is 0 Å².